The molecule has 0 aromatic heterocycles. The van der Waals surface area contributed by atoms with Gasteiger partial charge in [-0.3, -0.25) is 14.5 Å². The average molecular weight is 501 g/mol. The molecule has 1 unspecified atom stereocenters. The molecule has 5 rings (SSSR count). The molecule has 0 radical (unpaired) electrons. The summed E-state index contributed by atoms with van der Waals surface area (Å²) in [5, 5.41) is 6.57. The van der Waals surface area contributed by atoms with Crippen molar-refractivity contribution in [1.29, 1.82) is 0 Å². The van der Waals surface area contributed by atoms with Gasteiger partial charge in [0.1, 0.15) is 5.71 Å². The maximum Gasteiger partial charge on any atom is 0.270 e. The normalized spacial score (nSPS) is 17.6. The minimum absolute atomic E-state index is 0.0815. The molecule has 1 atom stereocenters. The zero-order chi connectivity index (χ0) is 25.1. The van der Waals surface area contributed by atoms with Gasteiger partial charge in [-0.15, -0.1) is 0 Å². The zero-order valence-electron chi connectivity index (χ0n) is 20.3. The lowest BCUT2D eigenvalue weighted by molar-refractivity contribution is -0.126. The second-order valence-electron chi connectivity index (χ2n) is 9.28. The summed E-state index contributed by atoms with van der Waals surface area (Å²) in [7, 11) is 0. The van der Waals surface area contributed by atoms with E-state index in [0.29, 0.717) is 35.9 Å². The van der Waals surface area contributed by atoms with Crippen molar-refractivity contribution in [2.45, 2.75) is 25.8 Å². The van der Waals surface area contributed by atoms with Crippen LogP contribution in [-0.2, 0) is 9.59 Å². The summed E-state index contributed by atoms with van der Waals surface area (Å²) in [6.45, 7) is 4.68. The Morgan fingerprint density at radius 2 is 1.47 bits per heavy atom. The summed E-state index contributed by atoms with van der Waals surface area (Å²) in [4.78, 5) is 30.2. The number of rotatable bonds is 5. The van der Waals surface area contributed by atoms with Gasteiger partial charge in [0.25, 0.3) is 5.91 Å². The van der Waals surface area contributed by atoms with E-state index in [1.54, 1.807) is 0 Å². The Hall–Kier alpha value is -3.48. The highest BCUT2D eigenvalue weighted by atomic mass is 35.5. The summed E-state index contributed by atoms with van der Waals surface area (Å²) in [5.41, 5.74) is 4.63. The molecular weight excluding hydrogens is 472 g/mol. The van der Waals surface area contributed by atoms with Crippen molar-refractivity contribution < 1.29 is 9.59 Å². The lowest BCUT2D eigenvalue weighted by Crippen LogP contribution is -2.52. The van der Waals surface area contributed by atoms with Gasteiger partial charge in [0.05, 0.1) is 11.7 Å². The lowest BCUT2D eigenvalue weighted by atomic mass is 9.96. The van der Waals surface area contributed by atoms with E-state index in [0.717, 1.165) is 18.7 Å². The Morgan fingerprint density at radius 1 is 0.833 bits per heavy atom. The van der Waals surface area contributed by atoms with E-state index >= 15 is 0 Å². The van der Waals surface area contributed by atoms with Crippen molar-refractivity contribution in [1.82, 2.24) is 9.80 Å². The van der Waals surface area contributed by atoms with E-state index in [9.17, 15) is 9.59 Å². The van der Waals surface area contributed by atoms with E-state index in [-0.39, 0.29) is 24.3 Å². The monoisotopic (exact) mass is 500 g/mol. The number of aryl methyl sites for hydroxylation is 1. The molecule has 6 nitrogen and oxygen atoms in total. The largest absolute Gasteiger partial charge is 0.335 e. The summed E-state index contributed by atoms with van der Waals surface area (Å²) in [6.07, 6.45) is 0.655. The first-order chi connectivity index (χ1) is 17.5. The van der Waals surface area contributed by atoms with Crippen LogP contribution in [0.1, 0.15) is 35.6 Å². The Balaban J connectivity index is 1.31. The smallest absolute Gasteiger partial charge is 0.270 e. The number of anilines is 1. The zero-order valence-corrected chi connectivity index (χ0v) is 21.1. The second kappa shape index (κ2) is 10.6. The minimum atomic E-state index is -0.0890. The topological polar surface area (TPSA) is 56.2 Å². The molecule has 0 N–H and O–H groups in total. The number of hydrogen-bond acceptors (Lipinski definition) is 4. The third-order valence-corrected chi connectivity index (χ3v) is 7.08. The summed E-state index contributed by atoms with van der Waals surface area (Å²) < 4.78 is 0. The molecule has 0 aliphatic carbocycles. The van der Waals surface area contributed by atoms with Crippen LogP contribution in [0.15, 0.2) is 84.0 Å². The van der Waals surface area contributed by atoms with Crippen LogP contribution in [0.2, 0.25) is 5.02 Å². The molecule has 36 heavy (non-hydrogen) atoms. The standard InChI is InChI=1S/C29H29ClN4O2/c1-21-7-13-25(14-8-21)34-27(35)16-15-26(31-34)29(36)33-19-17-32(18-20-33)28(22-5-3-2-4-6-22)23-9-11-24(30)12-10-23/h2-14,28H,15-20H2,1H3. The van der Waals surface area contributed by atoms with Crippen molar-refractivity contribution in [3.63, 3.8) is 0 Å². The maximum atomic E-state index is 13.4. The fraction of sp³-hybridized carbons (Fsp3) is 0.276. The Labute approximate surface area is 216 Å². The van der Waals surface area contributed by atoms with Gasteiger partial charge in [-0.1, -0.05) is 71.8 Å². The van der Waals surface area contributed by atoms with E-state index in [2.05, 4.69) is 46.4 Å². The third-order valence-electron chi connectivity index (χ3n) is 6.83. The summed E-state index contributed by atoms with van der Waals surface area (Å²) >= 11 is 6.15. The number of nitrogens with zero attached hydrogens (tertiary/aromatic N) is 4. The number of piperazine rings is 1. The third kappa shape index (κ3) is 5.20. The molecule has 1 fully saturated rings. The van der Waals surface area contributed by atoms with Gasteiger partial charge in [0.2, 0.25) is 5.91 Å². The highest BCUT2D eigenvalue weighted by molar-refractivity contribution is 6.40. The van der Waals surface area contributed by atoms with E-state index in [4.69, 9.17) is 11.6 Å². The first-order valence-electron chi connectivity index (χ1n) is 12.3. The van der Waals surface area contributed by atoms with Crippen molar-refractivity contribution in [3.05, 3.63) is 101 Å². The van der Waals surface area contributed by atoms with Crippen LogP contribution in [0.4, 0.5) is 5.69 Å². The van der Waals surface area contributed by atoms with Gasteiger partial charge in [0, 0.05) is 44.0 Å². The van der Waals surface area contributed by atoms with Gasteiger partial charge in [-0.2, -0.15) is 5.10 Å². The number of hydrogen-bond donors (Lipinski definition) is 0. The van der Waals surface area contributed by atoms with Crippen LogP contribution in [0.25, 0.3) is 0 Å². The predicted octanol–water partition coefficient (Wildman–Crippen LogP) is 5.07. The number of benzene rings is 3. The fourth-order valence-electron chi connectivity index (χ4n) is 4.86. The Kier molecular flexibility index (Phi) is 7.16. The molecular formula is C29H29ClN4O2. The molecule has 0 saturated carbocycles. The molecule has 3 aromatic carbocycles. The van der Waals surface area contributed by atoms with Crippen molar-refractivity contribution in [2.24, 2.45) is 5.10 Å². The van der Waals surface area contributed by atoms with Crippen LogP contribution in [0, 0.1) is 6.92 Å². The van der Waals surface area contributed by atoms with Crippen LogP contribution in [-0.4, -0.2) is 53.5 Å². The highest BCUT2D eigenvalue weighted by Gasteiger charge is 2.32. The minimum Gasteiger partial charge on any atom is -0.335 e. The number of halogens is 1. The summed E-state index contributed by atoms with van der Waals surface area (Å²) in [5.74, 6) is -0.170. The quantitative estimate of drug-likeness (QED) is 0.491. The van der Waals surface area contributed by atoms with Gasteiger partial charge in [-0.25, -0.2) is 5.01 Å². The molecule has 184 valence electrons. The fourth-order valence-corrected chi connectivity index (χ4v) is 4.98. The average Bonchev–Trinajstić information content (AvgIpc) is 2.91. The van der Waals surface area contributed by atoms with Crippen LogP contribution in [0.3, 0.4) is 0 Å². The Morgan fingerprint density at radius 3 is 2.14 bits per heavy atom. The molecule has 0 spiro atoms. The molecule has 2 aliphatic heterocycles. The van der Waals surface area contributed by atoms with Crippen molar-refractivity contribution in [3.8, 4) is 0 Å². The molecule has 2 aliphatic rings. The number of hydrazone groups is 1. The molecule has 7 heteroatoms. The lowest BCUT2D eigenvalue weighted by Gasteiger charge is -2.40. The van der Waals surface area contributed by atoms with Gasteiger partial charge >= 0.3 is 0 Å². The maximum absolute atomic E-state index is 13.4. The highest BCUT2D eigenvalue weighted by Crippen LogP contribution is 2.30. The van der Waals surface area contributed by atoms with Crippen LogP contribution >= 0.6 is 11.6 Å². The van der Waals surface area contributed by atoms with E-state index < -0.39 is 0 Å². The van der Waals surface area contributed by atoms with Crippen LogP contribution < -0.4 is 5.01 Å². The first-order valence-corrected chi connectivity index (χ1v) is 12.7. The Bertz CT molecular complexity index is 1250. The molecule has 1 saturated heterocycles. The van der Waals surface area contributed by atoms with Crippen molar-refractivity contribution >= 4 is 34.8 Å². The molecule has 2 heterocycles. The van der Waals surface area contributed by atoms with Gasteiger partial charge < -0.3 is 4.90 Å². The molecule has 2 amide bonds. The SMILES string of the molecule is Cc1ccc(N2N=C(C(=O)N3CCN(C(c4ccccc4)c4ccc(Cl)cc4)CC3)CCC2=O)cc1. The number of amides is 2. The molecule has 0 bridgehead atoms. The van der Waals surface area contributed by atoms with Crippen molar-refractivity contribution in [2.75, 3.05) is 31.2 Å². The van der Waals surface area contributed by atoms with E-state index in [1.807, 2.05) is 54.3 Å². The van der Waals surface area contributed by atoms with E-state index in [1.165, 1.54) is 16.1 Å². The van der Waals surface area contributed by atoms with Gasteiger partial charge in [-0.05, 0) is 42.3 Å². The molecule has 3 aromatic rings. The number of carbonyl (C=O) groups is 2. The summed E-state index contributed by atoms with van der Waals surface area (Å²) in [6, 6.07) is 26.1. The second-order valence-corrected chi connectivity index (χ2v) is 9.72. The van der Waals surface area contributed by atoms with Gasteiger partial charge in [0.15, 0.2) is 0 Å². The first kappa shape index (κ1) is 24.2. The number of carbonyl (C=O) groups excluding carboxylic acids is 2. The predicted molar refractivity (Wildman–Crippen MR) is 143 cm³/mol. The van der Waals surface area contributed by atoms with Crippen LogP contribution in [0.5, 0.6) is 0 Å².